The van der Waals surface area contributed by atoms with Crippen molar-refractivity contribution in [2.75, 3.05) is 0 Å². The van der Waals surface area contributed by atoms with Crippen LogP contribution in [0.25, 0.3) is 0 Å². The Balaban J connectivity index is 2.45. The Hall–Kier alpha value is -1.58. The summed E-state index contributed by atoms with van der Waals surface area (Å²) in [4.78, 5) is 28.2. The summed E-state index contributed by atoms with van der Waals surface area (Å²) in [6.45, 7) is 4.06. The molecule has 17 heavy (non-hydrogen) atoms. The first-order valence-corrected chi connectivity index (χ1v) is 6.12. The molecule has 0 spiro atoms. The molecule has 0 saturated carbocycles. The number of aromatic amines is 2. The van der Waals surface area contributed by atoms with Crippen LogP contribution in [-0.4, -0.2) is 9.97 Å². The number of allylic oxidation sites excluding steroid dienone is 2. The fourth-order valence-electron chi connectivity index (χ4n) is 2.46. The Labute approximate surface area is 99.8 Å². The summed E-state index contributed by atoms with van der Waals surface area (Å²) >= 11 is 0. The first-order valence-electron chi connectivity index (χ1n) is 6.12. The van der Waals surface area contributed by atoms with Crippen LogP contribution in [0.15, 0.2) is 21.2 Å². The fourth-order valence-corrected chi connectivity index (χ4v) is 2.46. The third-order valence-electron chi connectivity index (χ3n) is 3.47. The highest BCUT2D eigenvalue weighted by Crippen LogP contribution is 2.31. The molecule has 1 heterocycles. The molecule has 1 unspecified atom stereocenters. The largest absolute Gasteiger partial charge is 0.325 e. The van der Waals surface area contributed by atoms with Crippen molar-refractivity contribution in [2.24, 2.45) is 0 Å². The van der Waals surface area contributed by atoms with E-state index in [4.69, 9.17) is 0 Å². The van der Waals surface area contributed by atoms with E-state index >= 15 is 0 Å². The summed E-state index contributed by atoms with van der Waals surface area (Å²) in [5.41, 5.74) is 2.32. The summed E-state index contributed by atoms with van der Waals surface area (Å²) in [5, 5.41) is 0. The van der Waals surface area contributed by atoms with Gasteiger partial charge in [-0.2, -0.15) is 0 Å². The first kappa shape index (κ1) is 11.9. The van der Waals surface area contributed by atoms with Crippen molar-refractivity contribution in [3.8, 4) is 0 Å². The minimum atomic E-state index is -0.395. The van der Waals surface area contributed by atoms with Gasteiger partial charge in [0.1, 0.15) is 0 Å². The molecule has 0 saturated heterocycles. The van der Waals surface area contributed by atoms with Crippen molar-refractivity contribution in [3.05, 3.63) is 43.7 Å². The van der Waals surface area contributed by atoms with Gasteiger partial charge in [-0.1, -0.05) is 18.6 Å². The number of aromatic nitrogens is 2. The summed E-state index contributed by atoms with van der Waals surface area (Å²) in [7, 11) is 0. The second-order valence-electron chi connectivity index (χ2n) is 4.68. The molecule has 1 atom stereocenters. The Bertz CT molecular complexity index is 551. The lowest BCUT2D eigenvalue weighted by molar-refractivity contribution is 0.573. The molecule has 0 radical (unpaired) electrons. The van der Waals surface area contributed by atoms with Gasteiger partial charge >= 0.3 is 5.69 Å². The van der Waals surface area contributed by atoms with E-state index in [1.807, 2.05) is 6.92 Å². The minimum Gasteiger partial charge on any atom is -0.311 e. The summed E-state index contributed by atoms with van der Waals surface area (Å²) in [6.07, 6.45) is 5.82. The van der Waals surface area contributed by atoms with Gasteiger partial charge in [-0.05, 0) is 32.6 Å². The van der Waals surface area contributed by atoms with Crippen LogP contribution in [0.4, 0.5) is 0 Å². The molecule has 1 aromatic rings. The van der Waals surface area contributed by atoms with E-state index < -0.39 is 5.69 Å². The van der Waals surface area contributed by atoms with Gasteiger partial charge in [-0.15, -0.1) is 0 Å². The topological polar surface area (TPSA) is 65.7 Å². The van der Waals surface area contributed by atoms with Crippen LogP contribution in [0, 0.1) is 0 Å². The Morgan fingerprint density at radius 1 is 1.35 bits per heavy atom. The normalized spacial score (nSPS) is 20.1. The number of rotatable bonds is 2. The SMILES string of the molecule is CCc1c(C2CC=C(C)CC2)[nH]c(=O)[nH]c1=O. The Morgan fingerprint density at radius 2 is 2.12 bits per heavy atom. The molecule has 4 nitrogen and oxygen atoms in total. The molecule has 1 aromatic heterocycles. The summed E-state index contributed by atoms with van der Waals surface area (Å²) in [5.74, 6) is 0.281. The van der Waals surface area contributed by atoms with Crippen molar-refractivity contribution in [2.45, 2.75) is 45.4 Å². The van der Waals surface area contributed by atoms with Crippen LogP contribution in [-0.2, 0) is 6.42 Å². The van der Waals surface area contributed by atoms with Gasteiger partial charge in [0.15, 0.2) is 0 Å². The fraction of sp³-hybridized carbons (Fsp3) is 0.538. The molecule has 92 valence electrons. The van der Waals surface area contributed by atoms with Crippen LogP contribution < -0.4 is 11.2 Å². The highest BCUT2D eigenvalue weighted by Gasteiger charge is 2.20. The van der Waals surface area contributed by atoms with E-state index in [1.165, 1.54) is 5.57 Å². The van der Waals surface area contributed by atoms with E-state index in [1.54, 1.807) is 0 Å². The lowest BCUT2D eigenvalue weighted by Crippen LogP contribution is -2.29. The third kappa shape index (κ3) is 2.40. The Morgan fingerprint density at radius 3 is 2.71 bits per heavy atom. The number of H-pyrrole nitrogens is 2. The van der Waals surface area contributed by atoms with Gasteiger partial charge < -0.3 is 4.98 Å². The van der Waals surface area contributed by atoms with Crippen LogP contribution in [0.2, 0.25) is 0 Å². The smallest absolute Gasteiger partial charge is 0.311 e. The van der Waals surface area contributed by atoms with E-state index in [0.29, 0.717) is 6.42 Å². The van der Waals surface area contributed by atoms with Crippen molar-refractivity contribution in [1.82, 2.24) is 9.97 Å². The predicted octanol–water partition coefficient (Wildman–Crippen LogP) is 1.84. The molecular formula is C13H18N2O2. The summed E-state index contributed by atoms with van der Waals surface area (Å²) in [6, 6.07) is 0. The molecule has 1 aliphatic carbocycles. The maximum absolute atomic E-state index is 11.7. The quantitative estimate of drug-likeness (QED) is 0.767. The van der Waals surface area contributed by atoms with Crippen molar-refractivity contribution in [3.63, 3.8) is 0 Å². The zero-order valence-corrected chi connectivity index (χ0v) is 10.3. The molecule has 2 N–H and O–H groups in total. The molecular weight excluding hydrogens is 216 g/mol. The maximum atomic E-state index is 11.7. The standard InChI is InChI=1S/C13H18N2O2/c1-3-10-11(14-13(17)15-12(10)16)9-6-4-8(2)5-7-9/h4,9H,3,5-7H2,1-2H3,(H2,14,15,16,17). The van der Waals surface area contributed by atoms with Crippen LogP contribution >= 0.6 is 0 Å². The second kappa shape index (κ2) is 4.73. The van der Waals surface area contributed by atoms with E-state index in [2.05, 4.69) is 23.0 Å². The molecule has 0 amide bonds. The van der Waals surface area contributed by atoms with Gasteiger partial charge in [-0.25, -0.2) is 4.79 Å². The maximum Gasteiger partial charge on any atom is 0.325 e. The average Bonchev–Trinajstić information content (AvgIpc) is 2.29. The van der Waals surface area contributed by atoms with Gasteiger partial charge in [-0.3, -0.25) is 9.78 Å². The van der Waals surface area contributed by atoms with Crippen LogP contribution in [0.1, 0.15) is 50.3 Å². The Kier molecular flexibility index (Phi) is 3.31. The van der Waals surface area contributed by atoms with Gasteiger partial charge in [0.25, 0.3) is 5.56 Å². The van der Waals surface area contributed by atoms with Crippen molar-refractivity contribution >= 4 is 0 Å². The third-order valence-corrected chi connectivity index (χ3v) is 3.47. The zero-order chi connectivity index (χ0) is 12.4. The molecule has 1 aliphatic rings. The lowest BCUT2D eigenvalue weighted by atomic mass is 9.86. The van der Waals surface area contributed by atoms with E-state index in [0.717, 1.165) is 30.5 Å². The van der Waals surface area contributed by atoms with Gasteiger partial charge in [0, 0.05) is 17.2 Å². The van der Waals surface area contributed by atoms with E-state index in [9.17, 15) is 9.59 Å². The minimum absolute atomic E-state index is 0.238. The molecule has 0 aromatic carbocycles. The predicted molar refractivity (Wildman–Crippen MR) is 67.4 cm³/mol. The number of nitrogens with one attached hydrogen (secondary N) is 2. The molecule has 2 rings (SSSR count). The van der Waals surface area contributed by atoms with Crippen LogP contribution in [0.3, 0.4) is 0 Å². The highest BCUT2D eigenvalue weighted by atomic mass is 16.2. The molecule has 0 bridgehead atoms. The second-order valence-corrected chi connectivity index (χ2v) is 4.68. The van der Waals surface area contributed by atoms with Crippen molar-refractivity contribution in [1.29, 1.82) is 0 Å². The highest BCUT2D eigenvalue weighted by molar-refractivity contribution is 5.23. The van der Waals surface area contributed by atoms with Gasteiger partial charge in [0.05, 0.1) is 0 Å². The number of hydrogen-bond donors (Lipinski definition) is 2. The molecule has 0 aliphatic heterocycles. The van der Waals surface area contributed by atoms with E-state index in [-0.39, 0.29) is 11.5 Å². The zero-order valence-electron chi connectivity index (χ0n) is 10.3. The first-order chi connectivity index (χ1) is 8.11. The summed E-state index contributed by atoms with van der Waals surface area (Å²) < 4.78 is 0. The molecule has 4 heteroatoms. The monoisotopic (exact) mass is 234 g/mol. The lowest BCUT2D eigenvalue weighted by Gasteiger charge is -2.21. The molecule has 0 fully saturated rings. The van der Waals surface area contributed by atoms with Crippen LogP contribution in [0.5, 0.6) is 0 Å². The van der Waals surface area contributed by atoms with Crippen molar-refractivity contribution < 1.29 is 0 Å². The number of hydrogen-bond acceptors (Lipinski definition) is 2. The van der Waals surface area contributed by atoms with Gasteiger partial charge in [0.2, 0.25) is 0 Å². The average molecular weight is 234 g/mol.